The zero-order valence-corrected chi connectivity index (χ0v) is 14.9. The molecule has 3 N–H and O–H groups in total. The van der Waals surface area contributed by atoms with E-state index < -0.39 is 0 Å². The second kappa shape index (κ2) is 7.89. The summed E-state index contributed by atoms with van der Waals surface area (Å²) >= 11 is 0. The van der Waals surface area contributed by atoms with Crippen molar-refractivity contribution in [3.8, 4) is 0 Å². The molecule has 0 radical (unpaired) electrons. The number of anilines is 3. The molecule has 8 heteroatoms. The summed E-state index contributed by atoms with van der Waals surface area (Å²) in [6.07, 6.45) is 1.72. The van der Waals surface area contributed by atoms with Gasteiger partial charge in [-0.2, -0.15) is 9.97 Å². The van der Waals surface area contributed by atoms with Crippen LogP contribution >= 0.6 is 0 Å². The number of rotatable bonds is 8. The number of likely N-dealkylation sites (N-methyl/N-ethyl adjacent to an activating group) is 1. The monoisotopic (exact) mass is 340 g/mol. The summed E-state index contributed by atoms with van der Waals surface area (Å²) in [6.45, 7) is 10.2. The SMILES string of the molecule is CCN(CC)CCNc1cc(C)nc(Nc2nc3ncccc3[nH]2)n1. The van der Waals surface area contributed by atoms with Gasteiger partial charge in [0.15, 0.2) is 5.65 Å². The highest BCUT2D eigenvalue weighted by Crippen LogP contribution is 2.16. The maximum Gasteiger partial charge on any atom is 0.231 e. The van der Waals surface area contributed by atoms with Gasteiger partial charge >= 0.3 is 0 Å². The highest BCUT2D eigenvalue weighted by Gasteiger charge is 2.07. The first-order valence-corrected chi connectivity index (χ1v) is 8.57. The second-order valence-corrected chi connectivity index (χ2v) is 5.76. The zero-order valence-electron chi connectivity index (χ0n) is 14.9. The summed E-state index contributed by atoms with van der Waals surface area (Å²) in [5.41, 5.74) is 2.42. The molecule has 0 saturated heterocycles. The Morgan fingerprint density at radius 1 is 1.16 bits per heavy atom. The van der Waals surface area contributed by atoms with Gasteiger partial charge in [-0.15, -0.1) is 0 Å². The first-order valence-electron chi connectivity index (χ1n) is 8.57. The summed E-state index contributed by atoms with van der Waals surface area (Å²) in [4.78, 5) is 23.1. The molecule has 3 heterocycles. The van der Waals surface area contributed by atoms with Crippen LogP contribution in [-0.2, 0) is 0 Å². The number of hydrogen-bond donors (Lipinski definition) is 3. The molecule has 3 aromatic heterocycles. The lowest BCUT2D eigenvalue weighted by molar-refractivity contribution is 0.316. The normalized spacial score (nSPS) is 11.2. The van der Waals surface area contributed by atoms with Crippen molar-refractivity contribution in [1.29, 1.82) is 0 Å². The molecule has 0 aliphatic heterocycles. The summed E-state index contributed by atoms with van der Waals surface area (Å²) in [7, 11) is 0. The van der Waals surface area contributed by atoms with Crippen LogP contribution < -0.4 is 10.6 Å². The molecule has 0 unspecified atom stereocenters. The number of imidazole rings is 1. The van der Waals surface area contributed by atoms with Crippen LogP contribution in [0.5, 0.6) is 0 Å². The van der Waals surface area contributed by atoms with Crippen LogP contribution in [0.3, 0.4) is 0 Å². The Balaban J connectivity index is 1.68. The Bertz CT molecular complexity index is 791. The van der Waals surface area contributed by atoms with Crippen molar-refractivity contribution in [2.75, 3.05) is 36.8 Å². The van der Waals surface area contributed by atoms with E-state index in [2.05, 4.69) is 54.3 Å². The van der Waals surface area contributed by atoms with Gasteiger partial charge in [0.1, 0.15) is 5.82 Å². The fourth-order valence-electron chi connectivity index (χ4n) is 2.61. The number of aromatic nitrogens is 5. The average molecular weight is 340 g/mol. The largest absolute Gasteiger partial charge is 0.369 e. The number of H-pyrrole nitrogens is 1. The topological polar surface area (TPSA) is 94.6 Å². The molecule has 0 atom stereocenters. The molecule has 25 heavy (non-hydrogen) atoms. The van der Waals surface area contributed by atoms with Gasteiger partial charge in [0.25, 0.3) is 0 Å². The van der Waals surface area contributed by atoms with E-state index in [1.54, 1.807) is 6.20 Å². The minimum atomic E-state index is 0.504. The van der Waals surface area contributed by atoms with Gasteiger partial charge in [-0.3, -0.25) is 5.32 Å². The Hall–Kier alpha value is -2.74. The van der Waals surface area contributed by atoms with Gasteiger partial charge in [-0.05, 0) is 32.1 Å². The van der Waals surface area contributed by atoms with Crippen LogP contribution in [0.4, 0.5) is 17.7 Å². The van der Waals surface area contributed by atoms with Crippen LogP contribution in [0, 0.1) is 6.92 Å². The minimum absolute atomic E-state index is 0.504. The third-order valence-electron chi connectivity index (χ3n) is 3.97. The second-order valence-electron chi connectivity index (χ2n) is 5.76. The molecular weight excluding hydrogens is 316 g/mol. The molecule has 0 aliphatic rings. The number of nitrogens with one attached hydrogen (secondary N) is 3. The van der Waals surface area contributed by atoms with E-state index in [9.17, 15) is 0 Å². The van der Waals surface area contributed by atoms with Crippen molar-refractivity contribution in [3.63, 3.8) is 0 Å². The predicted molar refractivity (Wildman–Crippen MR) is 100 cm³/mol. The fraction of sp³-hybridized carbons (Fsp3) is 0.412. The number of pyridine rings is 1. The van der Waals surface area contributed by atoms with Crippen molar-refractivity contribution >= 4 is 28.9 Å². The van der Waals surface area contributed by atoms with Crippen molar-refractivity contribution in [1.82, 2.24) is 29.8 Å². The van der Waals surface area contributed by atoms with Gasteiger partial charge in [0.2, 0.25) is 11.9 Å². The van der Waals surface area contributed by atoms with Gasteiger partial charge in [-0.1, -0.05) is 13.8 Å². The quantitative estimate of drug-likeness (QED) is 0.580. The van der Waals surface area contributed by atoms with E-state index in [-0.39, 0.29) is 0 Å². The van der Waals surface area contributed by atoms with E-state index in [0.717, 1.165) is 43.2 Å². The fourth-order valence-corrected chi connectivity index (χ4v) is 2.61. The Morgan fingerprint density at radius 2 is 2.00 bits per heavy atom. The molecule has 3 aromatic rings. The summed E-state index contributed by atoms with van der Waals surface area (Å²) in [5.74, 6) is 1.88. The molecule has 0 spiro atoms. The van der Waals surface area contributed by atoms with Crippen molar-refractivity contribution in [2.45, 2.75) is 20.8 Å². The Labute approximate surface area is 147 Å². The van der Waals surface area contributed by atoms with Crippen LogP contribution in [0.15, 0.2) is 24.4 Å². The van der Waals surface area contributed by atoms with Crippen LogP contribution in [0.1, 0.15) is 19.5 Å². The lowest BCUT2D eigenvalue weighted by Crippen LogP contribution is -2.28. The van der Waals surface area contributed by atoms with E-state index in [1.807, 2.05) is 25.1 Å². The van der Waals surface area contributed by atoms with Crippen LogP contribution in [0.25, 0.3) is 11.2 Å². The molecule has 3 rings (SSSR count). The van der Waals surface area contributed by atoms with E-state index in [4.69, 9.17) is 0 Å². The molecule has 0 aromatic carbocycles. The average Bonchev–Trinajstić information content (AvgIpc) is 3.00. The molecule has 132 valence electrons. The molecule has 0 bridgehead atoms. The number of aryl methyl sites for hydroxylation is 1. The number of fused-ring (bicyclic) bond motifs is 1. The van der Waals surface area contributed by atoms with Crippen molar-refractivity contribution in [3.05, 3.63) is 30.1 Å². The zero-order chi connectivity index (χ0) is 17.6. The predicted octanol–water partition coefficient (Wildman–Crippen LogP) is 2.55. The third kappa shape index (κ3) is 4.42. The maximum atomic E-state index is 4.52. The van der Waals surface area contributed by atoms with E-state index in [0.29, 0.717) is 17.5 Å². The summed E-state index contributed by atoms with van der Waals surface area (Å²) in [5, 5.41) is 6.48. The molecule has 0 fully saturated rings. The first-order chi connectivity index (χ1) is 12.2. The summed E-state index contributed by atoms with van der Waals surface area (Å²) < 4.78 is 0. The molecule has 8 nitrogen and oxygen atoms in total. The number of aromatic amines is 1. The first kappa shape index (κ1) is 17.1. The highest BCUT2D eigenvalue weighted by atomic mass is 15.2. The lowest BCUT2D eigenvalue weighted by Gasteiger charge is -2.18. The maximum absolute atomic E-state index is 4.52. The van der Waals surface area contributed by atoms with E-state index in [1.165, 1.54) is 0 Å². The van der Waals surface area contributed by atoms with Crippen molar-refractivity contribution in [2.24, 2.45) is 0 Å². The van der Waals surface area contributed by atoms with Gasteiger partial charge in [0.05, 0.1) is 5.52 Å². The van der Waals surface area contributed by atoms with Crippen molar-refractivity contribution < 1.29 is 0 Å². The number of nitrogens with zero attached hydrogens (tertiary/aromatic N) is 5. The smallest absolute Gasteiger partial charge is 0.231 e. The summed E-state index contributed by atoms with van der Waals surface area (Å²) in [6, 6.07) is 5.73. The minimum Gasteiger partial charge on any atom is -0.369 e. The Morgan fingerprint density at radius 3 is 2.76 bits per heavy atom. The molecular formula is C17H24N8. The molecule has 0 aliphatic carbocycles. The highest BCUT2D eigenvalue weighted by molar-refractivity contribution is 5.73. The van der Waals surface area contributed by atoms with Gasteiger partial charge in [0, 0.05) is 31.0 Å². The van der Waals surface area contributed by atoms with Crippen LogP contribution in [0.2, 0.25) is 0 Å². The third-order valence-corrected chi connectivity index (χ3v) is 3.97. The molecule has 0 saturated carbocycles. The Kier molecular flexibility index (Phi) is 5.39. The standard InChI is InChI=1S/C17H24N8/c1-4-25(5-2)10-9-18-14-11-12(3)20-16(22-14)24-17-21-13-7-6-8-19-15(13)23-17/h6-8,11H,4-5,9-10H2,1-3H3,(H3,18,19,20,21,22,23,24). The van der Waals surface area contributed by atoms with Crippen LogP contribution in [-0.4, -0.2) is 56.0 Å². The van der Waals surface area contributed by atoms with E-state index >= 15 is 0 Å². The van der Waals surface area contributed by atoms with Gasteiger partial charge in [-0.25, -0.2) is 9.97 Å². The molecule has 0 amide bonds. The lowest BCUT2D eigenvalue weighted by atomic mass is 10.4. The number of hydrogen-bond acceptors (Lipinski definition) is 7. The van der Waals surface area contributed by atoms with Gasteiger partial charge < -0.3 is 15.2 Å².